The number of fused-ring (bicyclic) bond motifs is 1. The number of hydrogen-bond donors (Lipinski definition) is 2. The number of rotatable bonds is 7. The molecule has 0 aliphatic rings. The number of hydrogen-bond acceptors (Lipinski definition) is 6. The minimum absolute atomic E-state index is 0.0117. The summed E-state index contributed by atoms with van der Waals surface area (Å²) in [6.07, 6.45) is 0. The lowest BCUT2D eigenvalue weighted by Crippen LogP contribution is -2.30. The molecule has 0 aliphatic heterocycles. The first-order valence-electron chi connectivity index (χ1n) is 10.9. The Kier molecular flexibility index (Phi) is 6.29. The average molecular weight is 498 g/mol. The van der Waals surface area contributed by atoms with Crippen LogP contribution in [0.2, 0.25) is 0 Å². The van der Waals surface area contributed by atoms with Gasteiger partial charge in [-0.05, 0) is 36.4 Å². The summed E-state index contributed by atoms with van der Waals surface area (Å²) in [6.45, 7) is -0.344. The van der Waals surface area contributed by atoms with Crippen LogP contribution in [-0.2, 0) is 11.3 Å². The van der Waals surface area contributed by atoms with Crippen LogP contribution in [0.15, 0.2) is 95.1 Å². The maximum atomic E-state index is 13.4. The second-order valence-corrected chi connectivity index (χ2v) is 8.67. The van der Waals surface area contributed by atoms with Crippen molar-refractivity contribution in [3.05, 3.63) is 106 Å². The van der Waals surface area contributed by atoms with Gasteiger partial charge in [-0.25, -0.2) is 9.78 Å². The molecule has 2 aromatic heterocycles. The Morgan fingerprint density at radius 2 is 1.56 bits per heavy atom. The molecule has 0 fully saturated rings. The predicted molar refractivity (Wildman–Crippen MR) is 138 cm³/mol. The van der Waals surface area contributed by atoms with Crippen LogP contribution in [0.4, 0.5) is 5.69 Å². The number of amides is 1. The fourth-order valence-electron chi connectivity index (χ4n) is 3.71. The van der Waals surface area contributed by atoms with E-state index >= 15 is 0 Å². The lowest BCUT2D eigenvalue weighted by Gasteiger charge is -2.13. The first-order chi connectivity index (χ1) is 17.5. The SMILES string of the molecule is O=C(Cn1c(-c2ccccc2)nc2scc(C(=O)O)c2c1=O)Nc1ccc(Oc2ccccc2)cc1. The maximum absolute atomic E-state index is 13.4. The van der Waals surface area contributed by atoms with Gasteiger partial charge in [-0.3, -0.25) is 14.2 Å². The highest BCUT2D eigenvalue weighted by atomic mass is 32.1. The van der Waals surface area contributed by atoms with Crippen LogP contribution in [0, 0.1) is 0 Å². The average Bonchev–Trinajstić information content (AvgIpc) is 3.33. The minimum Gasteiger partial charge on any atom is -0.478 e. The molecule has 3 aromatic carbocycles. The zero-order valence-corrected chi connectivity index (χ0v) is 19.6. The second-order valence-electron chi connectivity index (χ2n) is 7.82. The van der Waals surface area contributed by atoms with Crippen molar-refractivity contribution in [1.29, 1.82) is 0 Å². The molecule has 0 bridgehead atoms. The number of carboxylic acid groups (broad SMARTS) is 1. The number of carboxylic acids is 1. The van der Waals surface area contributed by atoms with Crippen molar-refractivity contribution in [3.63, 3.8) is 0 Å². The van der Waals surface area contributed by atoms with E-state index in [2.05, 4.69) is 10.3 Å². The summed E-state index contributed by atoms with van der Waals surface area (Å²) in [5.74, 6) is -0.0939. The largest absolute Gasteiger partial charge is 0.478 e. The zero-order chi connectivity index (χ0) is 25.1. The standard InChI is InChI=1S/C27H19N3O5S/c31-22(28-18-11-13-20(14-12-18)35-19-9-5-2-6-10-19)15-30-24(17-7-3-1-4-8-17)29-25-23(26(30)32)21(16-36-25)27(33)34/h1-14,16H,15H2,(H,28,31)(H,33,34). The Morgan fingerprint density at radius 3 is 2.22 bits per heavy atom. The van der Waals surface area contributed by atoms with Crippen LogP contribution in [0.3, 0.4) is 0 Å². The molecule has 9 heteroatoms. The van der Waals surface area contributed by atoms with E-state index in [0.29, 0.717) is 27.6 Å². The van der Waals surface area contributed by atoms with E-state index in [1.165, 1.54) is 9.95 Å². The summed E-state index contributed by atoms with van der Waals surface area (Å²) in [5, 5.41) is 13.7. The quantitative estimate of drug-likeness (QED) is 0.318. The lowest BCUT2D eigenvalue weighted by atomic mass is 10.2. The number of nitrogens with zero attached hydrogens (tertiary/aromatic N) is 2. The van der Waals surface area contributed by atoms with Gasteiger partial charge in [-0.15, -0.1) is 11.3 Å². The van der Waals surface area contributed by atoms with Crippen molar-refractivity contribution >= 4 is 39.1 Å². The molecule has 5 aromatic rings. The van der Waals surface area contributed by atoms with E-state index in [-0.39, 0.29) is 23.3 Å². The van der Waals surface area contributed by atoms with E-state index in [1.54, 1.807) is 48.5 Å². The molecular formula is C27H19N3O5S. The number of anilines is 1. The van der Waals surface area contributed by atoms with E-state index in [1.807, 2.05) is 36.4 Å². The van der Waals surface area contributed by atoms with Gasteiger partial charge in [-0.1, -0.05) is 48.5 Å². The molecule has 0 radical (unpaired) electrons. The van der Waals surface area contributed by atoms with Gasteiger partial charge in [0.1, 0.15) is 28.7 Å². The van der Waals surface area contributed by atoms with Gasteiger partial charge in [-0.2, -0.15) is 0 Å². The van der Waals surface area contributed by atoms with Crippen LogP contribution in [0.25, 0.3) is 21.6 Å². The number of benzene rings is 3. The van der Waals surface area contributed by atoms with Gasteiger partial charge in [0.25, 0.3) is 5.56 Å². The van der Waals surface area contributed by atoms with E-state index in [0.717, 1.165) is 11.3 Å². The summed E-state index contributed by atoms with van der Waals surface area (Å²) in [7, 11) is 0. The fourth-order valence-corrected chi connectivity index (χ4v) is 4.61. The molecule has 0 saturated heterocycles. The molecular weight excluding hydrogens is 478 g/mol. The number of aromatic carboxylic acids is 1. The van der Waals surface area contributed by atoms with Crippen molar-refractivity contribution < 1.29 is 19.4 Å². The summed E-state index contributed by atoms with van der Waals surface area (Å²) in [5.41, 5.74) is 0.442. The molecule has 178 valence electrons. The topological polar surface area (TPSA) is 111 Å². The number of thiophene rings is 1. The molecule has 0 atom stereocenters. The van der Waals surface area contributed by atoms with Crippen molar-refractivity contribution in [2.24, 2.45) is 0 Å². The van der Waals surface area contributed by atoms with Crippen molar-refractivity contribution in [2.45, 2.75) is 6.54 Å². The Hall–Kier alpha value is -4.76. The number of carbonyl (C=O) groups excluding carboxylic acids is 1. The van der Waals surface area contributed by atoms with Crippen LogP contribution in [0.1, 0.15) is 10.4 Å². The van der Waals surface area contributed by atoms with Gasteiger partial charge in [0.2, 0.25) is 5.91 Å². The third kappa shape index (κ3) is 4.73. The van der Waals surface area contributed by atoms with Crippen LogP contribution in [0.5, 0.6) is 11.5 Å². The van der Waals surface area contributed by atoms with Gasteiger partial charge in [0, 0.05) is 16.6 Å². The lowest BCUT2D eigenvalue weighted by molar-refractivity contribution is -0.116. The summed E-state index contributed by atoms with van der Waals surface area (Å²) < 4.78 is 6.97. The van der Waals surface area contributed by atoms with Crippen LogP contribution < -0.4 is 15.6 Å². The third-order valence-corrected chi connectivity index (χ3v) is 6.25. The molecule has 0 saturated carbocycles. The highest BCUT2D eigenvalue weighted by Crippen LogP contribution is 2.26. The Balaban J connectivity index is 1.43. The molecule has 0 aliphatic carbocycles. The molecule has 2 heterocycles. The molecule has 5 rings (SSSR count). The van der Waals surface area contributed by atoms with Crippen LogP contribution >= 0.6 is 11.3 Å². The number of nitrogens with one attached hydrogen (secondary N) is 1. The smallest absolute Gasteiger partial charge is 0.337 e. The van der Waals surface area contributed by atoms with Gasteiger partial charge < -0.3 is 15.2 Å². The normalized spacial score (nSPS) is 10.8. The first kappa shape index (κ1) is 23.0. The van der Waals surface area contributed by atoms with E-state index < -0.39 is 17.4 Å². The molecule has 0 unspecified atom stereocenters. The first-order valence-corrected chi connectivity index (χ1v) is 11.8. The monoisotopic (exact) mass is 497 g/mol. The van der Waals surface area contributed by atoms with Gasteiger partial charge in [0.05, 0.1) is 10.9 Å². The number of para-hydroxylation sites is 1. The minimum atomic E-state index is -1.22. The maximum Gasteiger partial charge on any atom is 0.337 e. The third-order valence-electron chi connectivity index (χ3n) is 5.37. The fraction of sp³-hybridized carbons (Fsp3) is 0.0370. The van der Waals surface area contributed by atoms with E-state index in [4.69, 9.17) is 4.74 Å². The zero-order valence-electron chi connectivity index (χ0n) is 18.8. The highest BCUT2D eigenvalue weighted by Gasteiger charge is 2.21. The molecule has 1 amide bonds. The van der Waals surface area contributed by atoms with Crippen LogP contribution in [-0.4, -0.2) is 26.5 Å². The van der Waals surface area contributed by atoms with Gasteiger partial charge in [0.15, 0.2) is 0 Å². The number of carbonyl (C=O) groups is 2. The molecule has 0 spiro atoms. The Labute approximate surface area is 209 Å². The highest BCUT2D eigenvalue weighted by molar-refractivity contribution is 7.17. The molecule has 2 N–H and O–H groups in total. The number of ether oxygens (including phenoxy) is 1. The molecule has 36 heavy (non-hydrogen) atoms. The predicted octanol–water partition coefficient (Wildman–Crippen LogP) is 5.25. The Morgan fingerprint density at radius 1 is 0.917 bits per heavy atom. The summed E-state index contributed by atoms with van der Waals surface area (Å²) in [6, 6.07) is 25.1. The second kappa shape index (κ2) is 9.85. The van der Waals surface area contributed by atoms with Crippen molar-refractivity contribution in [2.75, 3.05) is 5.32 Å². The Bertz CT molecular complexity index is 1610. The van der Waals surface area contributed by atoms with E-state index in [9.17, 15) is 19.5 Å². The summed E-state index contributed by atoms with van der Waals surface area (Å²) >= 11 is 1.08. The van der Waals surface area contributed by atoms with Gasteiger partial charge >= 0.3 is 5.97 Å². The number of aromatic nitrogens is 2. The van der Waals surface area contributed by atoms with Crippen molar-refractivity contribution in [1.82, 2.24) is 9.55 Å². The molecule has 8 nitrogen and oxygen atoms in total. The van der Waals surface area contributed by atoms with Crippen molar-refractivity contribution in [3.8, 4) is 22.9 Å². The summed E-state index contributed by atoms with van der Waals surface area (Å²) in [4.78, 5) is 42.8.